The molecule has 0 saturated heterocycles. The standard InChI is InChI=1S/C50H63N9O7/c1-7-29(6)44(59-45(60)36(51)21-30-24-52-37-17-11-8-14-33(30)37)49(64)56-41(22-31-25-53-38-18-12-9-15-34(31)38)47(62)58-43(28(4)5)48(63)55-40(20-27(2)3)46(61)57-42(50(65)66)23-32-26-54-39-19-13-10-16-35(32)39/h8-19,24-29,36,40-44,52-54H,7,20-23,51H2,1-6H3,(H,55,63)(H,56,64)(H,57,61)(H,58,62)(H,59,60)(H,65,66)/t29-,36-,40-,41-,42-,43-,44-/m0/s1. The zero-order chi connectivity index (χ0) is 47.7. The Morgan fingerprint density at radius 3 is 1.41 bits per heavy atom. The first-order chi connectivity index (χ1) is 31.5. The quantitative estimate of drug-likeness (QED) is 0.0454. The summed E-state index contributed by atoms with van der Waals surface area (Å²) in [7, 11) is 0. The largest absolute Gasteiger partial charge is 0.480 e. The van der Waals surface area contributed by atoms with Crippen LogP contribution in [0.3, 0.4) is 0 Å². The molecular weight excluding hydrogens is 839 g/mol. The maximum absolute atomic E-state index is 14.5. The molecule has 7 atom stereocenters. The van der Waals surface area contributed by atoms with Crippen molar-refractivity contribution >= 4 is 68.2 Å². The van der Waals surface area contributed by atoms with Gasteiger partial charge in [-0.2, -0.15) is 0 Å². The van der Waals surface area contributed by atoms with E-state index in [9.17, 15) is 33.9 Å². The lowest BCUT2D eigenvalue weighted by Gasteiger charge is -2.30. The number of benzene rings is 3. The lowest BCUT2D eigenvalue weighted by molar-refractivity contribution is -0.142. The van der Waals surface area contributed by atoms with E-state index in [2.05, 4.69) is 41.5 Å². The number of aliphatic carboxylic acids is 1. The van der Waals surface area contributed by atoms with E-state index in [0.717, 1.165) is 43.8 Å². The second-order valence-corrected chi connectivity index (χ2v) is 18.1. The van der Waals surface area contributed by atoms with Gasteiger partial charge in [0.2, 0.25) is 29.5 Å². The van der Waals surface area contributed by atoms with Crippen molar-refractivity contribution in [1.29, 1.82) is 0 Å². The summed E-state index contributed by atoms with van der Waals surface area (Å²) in [4.78, 5) is 92.6. The number of aromatic nitrogens is 3. The molecule has 6 aromatic rings. The minimum atomic E-state index is -1.29. The number of carboxylic acids is 1. The number of nitrogens with two attached hydrogens (primary N) is 1. The number of carbonyl (C=O) groups is 6. The fourth-order valence-electron chi connectivity index (χ4n) is 8.33. The molecule has 3 heterocycles. The summed E-state index contributed by atoms with van der Waals surface area (Å²) < 4.78 is 0. The summed E-state index contributed by atoms with van der Waals surface area (Å²) in [5.41, 5.74) is 11.3. The van der Waals surface area contributed by atoms with Gasteiger partial charge in [0.05, 0.1) is 6.04 Å². The zero-order valence-corrected chi connectivity index (χ0v) is 38.4. The van der Waals surface area contributed by atoms with Crippen LogP contribution >= 0.6 is 0 Å². The lowest BCUT2D eigenvalue weighted by atomic mass is 9.96. The molecule has 0 fully saturated rings. The minimum Gasteiger partial charge on any atom is -0.480 e. The van der Waals surface area contributed by atoms with E-state index in [4.69, 9.17) is 5.73 Å². The molecular formula is C50H63N9O7. The van der Waals surface area contributed by atoms with Gasteiger partial charge in [0.25, 0.3) is 0 Å². The van der Waals surface area contributed by atoms with E-state index in [1.54, 1.807) is 26.2 Å². The maximum atomic E-state index is 14.5. The number of H-pyrrole nitrogens is 3. The topological polar surface area (TPSA) is 256 Å². The van der Waals surface area contributed by atoms with Crippen molar-refractivity contribution in [1.82, 2.24) is 41.5 Å². The van der Waals surface area contributed by atoms with Gasteiger partial charge in [0.15, 0.2) is 0 Å². The fraction of sp³-hybridized carbons (Fsp3) is 0.400. The van der Waals surface area contributed by atoms with Crippen molar-refractivity contribution in [2.45, 2.75) is 110 Å². The van der Waals surface area contributed by atoms with Crippen LogP contribution in [0.25, 0.3) is 32.7 Å². The van der Waals surface area contributed by atoms with Crippen molar-refractivity contribution in [2.75, 3.05) is 0 Å². The molecule has 6 rings (SSSR count). The summed E-state index contributed by atoms with van der Waals surface area (Å²) in [6, 6.07) is 15.8. The Hall–Kier alpha value is -6.94. The molecule has 11 N–H and O–H groups in total. The third-order valence-corrected chi connectivity index (χ3v) is 12.3. The Bertz CT molecular complexity index is 2660. The number of amides is 5. The van der Waals surface area contributed by atoms with E-state index >= 15 is 0 Å². The Balaban J connectivity index is 1.19. The summed E-state index contributed by atoms with van der Waals surface area (Å²) in [6.07, 6.45) is 6.25. The predicted molar refractivity (Wildman–Crippen MR) is 255 cm³/mol. The van der Waals surface area contributed by atoms with Crippen molar-refractivity contribution in [3.05, 3.63) is 108 Å². The summed E-state index contributed by atoms with van der Waals surface area (Å²) in [6.45, 7) is 11.0. The molecule has 16 heteroatoms. The highest BCUT2D eigenvalue weighted by molar-refractivity contribution is 5.97. The van der Waals surface area contributed by atoms with Crippen LogP contribution < -0.4 is 32.3 Å². The number of nitrogens with one attached hydrogen (secondary N) is 8. The van der Waals surface area contributed by atoms with Gasteiger partial charge >= 0.3 is 5.97 Å². The summed E-state index contributed by atoms with van der Waals surface area (Å²) >= 11 is 0. The maximum Gasteiger partial charge on any atom is 0.326 e. The van der Waals surface area contributed by atoms with Crippen molar-refractivity contribution in [2.24, 2.45) is 23.5 Å². The molecule has 0 radical (unpaired) electrons. The van der Waals surface area contributed by atoms with Crippen LogP contribution in [0, 0.1) is 17.8 Å². The monoisotopic (exact) mass is 901 g/mol. The SMILES string of the molecule is CC[C@H](C)[C@H](NC(=O)[C@@H](N)Cc1c[nH]c2ccccc12)C(=O)N[C@@H](Cc1c[nH]c2ccccc12)C(=O)N[C@H](C(=O)N[C@@H](CC(C)C)C(=O)N[C@@H](Cc1c[nH]c2ccccc12)C(=O)O)C(C)C. The normalized spacial score (nSPS) is 14.9. The van der Waals surface area contributed by atoms with Gasteiger partial charge in [-0.15, -0.1) is 0 Å². The first-order valence-electron chi connectivity index (χ1n) is 22.7. The van der Waals surface area contributed by atoms with Crippen LogP contribution in [-0.4, -0.2) is 91.8 Å². The second-order valence-electron chi connectivity index (χ2n) is 18.1. The van der Waals surface area contributed by atoms with E-state index in [-0.39, 0.29) is 37.5 Å². The molecule has 0 spiro atoms. The highest BCUT2D eigenvalue weighted by atomic mass is 16.4. The van der Waals surface area contributed by atoms with E-state index < -0.39 is 77.7 Å². The van der Waals surface area contributed by atoms with Crippen LogP contribution in [0.1, 0.15) is 71.1 Å². The number of carbonyl (C=O) groups excluding carboxylic acids is 5. The van der Waals surface area contributed by atoms with E-state index in [0.29, 0.717) is 12.0 Å². The van der Waals surface area contributed by atoms with Crippen LogP contribution in [0.5, 0.6) is 0 Å². The number of hydrogen-bond acceptors (Lipinski definition) is 7. The van der Waals surface area contributed by atoms with Gasteiger partial charge in [-0.05, 0) is 65.5 Å². The molecule has 66 heavy (non-hydrogen) atoms. The molecule has 0 unspecified atom stereocenters. The van der Waals surface area contributed by atoms with Crippen LogP contribution in [0.4, 0.5) is 0 Å². The fourth-order valence-corrected chi connectivity index (χ4v) is 8.33. The number of rotatable bonds is 22. The molecule has 0 aliphatic carbocycles. The molecule has 0 saturated carbocycles. The van der Waals surface area contributed by atoms with Gasteiger partial charge in [-0.3, -0.25) is 24.0 Å². The first kappa shape index (κ1) is 48.5. The van der Waals surface area contributed by atoms with Crippen LogP contribution in [-0.2, 0) is 48.0 Å². The highest BCUT2D eigenvalue weighted by Gasteiger charge is 2.36. The van der Waals surface area contributed by atoms with Gasteiger partial charge in [-0.1, -0.05) is 103 Å². The van der Waals surface area contributed by atoms with Crippen LogP contribution in [0.15, 0.2) is 91.4 Å². The van der Waals surface area contributed by atoms with Gasteiger partial charge in [0.1, 0.15) is 30.2 Å². The smallest absolute Gasteiger partial charge is 0.326 e. The molecule has 16 nitrogen and oxygen atoms in total. The summed E-state index contributed by atoms with van der Waals surface area (Å²) in [5.74, 6) is -5.28. The average molecular weight is 902 g/mol. The highest BCUT2D eigenvalue weighted by Crippen LogP contribution is 2.23. The molecule has 0 bridgehead atoms. The minimum absolute atomic E-state index is 0.00102. The third kappa shape index (κ3) is 11.8. The Kier molecular flexibility index (Phi) is 16.0. The third-order valence-electron chi connectivity index (χ3n) is 12.3. The Labute approximate surface area is 384 Å². The summed E-state index contributed by atoms with van der Waals surface area (Å²) in [5, 5.41) is 26.8. The van der Waals surface area contributed by atoms with Gasteiger partial charge < -0.3 is 52.4 Å². The Morgan fingerprint density at radius 1 is 0.530 bits per heavy atom. The number of aromatic amines is 3. The molecule has 3 aromatic carbocycles. The van der Waals surface area contributed by atoms with E-state index in [1.807, 2.05) is 107 Å². The lowest BCUT2D eigenvalue weighted by Crippen LogP contribution is -2.61. The molecule has 5 amide bonds. The van der Waals surface area contributed by atoms with Gasteiger partial charge in [-0.25, -0.2) is 4.79 Å². The number of para-hydroxylation sites is 3. The molecule has 3 aromatic heterocycles. The number of carboxylic acid groups (broad SMARTS) is 1. The average Bonchev–Trinajstić information content (AvgIpc) is 4.02. The van der Waals surface area contributed by atoms with Crippen molar-refractivity contribution < 1.29 is 33.9 Å². The predicted octanol–water partition coefficient (Wildman–Crippen LogP) is 4.74. The number of hydrogen-bond donors (Lipinski definition) is 10. The molecule has 0 aliphatic heterocycles. The second kappa shape index (κ2) is 21.8. The molecule has 0 aliphatic rings. The van der Waals surface area contributed by atoms with Crippen molar-refractivity contribution in [3.8, 4) is 0 Å². The van der Waals surface area contributed by atoms with Crippen LogP contribution in [0.2, 0.25) is 0 Å². The number of fused-ring (bicyclic) bond motifs is 3. The van der Waals surface area contributed by atoms with Crippen molar-refractivity contribution in [3.63, 3.8) is 0 Å². The first-order valence-corrected chi connectivity index (χ1v) is 22.7. The van der Waals surface area contributed by atoms with Gasteiger partial charge in [0, 0.05) is 64.1 Å². The zero-order valence-electron chi connectivity index (χ0n) is 38.4. The Morgan fingerprint density at radius 2 is 0.939 bits per heavy atom. The molecule has 350 valence electrons. The van der Waals surface area contributed by atoms with E-state index in [1.165, 1.54) is 0 Å².